The maximum absolute atomic E-state index is 12.4. The Labute approximate surface area is 128 Å². The molecule has 0 unspecified atom stereocenters. The number of likely N-dealkylation sites (tertiary alicyclic amines) is 1. The number of nitrogens with zero attached hydrogens (tertiary/aromatic N) is 1. The topological polar surface area (TPSA) is 63.4 Å². The van der Waals surface area contributed by atoms with Crippen LogP contribution >= 0.6 is 0 Å². The van der Waals surface area contributed by atoms with Crippen LogP contribution in [0.4, 0.5) is 0 Å². The molecule has 1 fully saturated rings. The van der Waals surface area contributed by atoms with Crippen LogP contribution in [-0.4, -0.2) is 37.7 Å². The number of benzene rings is 1. The van der Waals surface area contributed by atoms with Crippen LogP contribution < -0.4 is 5.73 Å². The molecule has 0 spiro atoms. The Morgan fingerprint density at radius 3 is 2.24 bits per heavy atom. The zero-order valence-electron chi connectivity index (χ0n) is 13.0. The van der Waals surface area contributed by atoms with E-state index in [1.165, 1.54) is 6.42 Å². The van der Waals surface area contributed by atoms with Crippen molar-refractivity contribution in [1.82, 2.24) is 4.90 Å². The second-order valence-corrected chi connectivity index (χ2v) is 8.14. The van der Waals surface area contributed by atoms with Gasteiger partial charge in [0.1, 0.15) is 0 Å². The van der Waals surface area contributed by atoms with Crippen LogP contribution in [0.3, 0.4) is 0 Å². The monoisotopic (exact) mass is 310 g/mol. The molecular weight excluding hydrogens is 284 g/mol. The lowest BCUT2D eigenvalue weighted by Crippen LogP contribution is -2.45. The van der Waals surface area contributed by atoms with Gasteiger partial charge in [-0.1, -0.05) is 18.6 Å². The fourth-order valence-electron chi connectivity index (χ4n) is 3.09. The first-order valence-electron chi connectivity index (χ1n) is 7.71. The largest absolute Gasteiger partial charge is 0.326 e. The number of hydrogen-bond donors (Lipinski definition) is 1. The second kappa shape index (κ2) is 6.90. The Kier molecular flexibility index (Phi) is 5.41. The molecule has 1 aromatic rings. The Morgan fingerprint density at radius 1 is 1.14 bits per heavy atom. The predicted molar refractivity (Wildman–Crippen MR) is 85.9 cm³/mol. The van der Waals surface area contributed by atoms with Crippen molar-refractivity contribution in [1.29, 1.82) is 0 Å². The number of sulfone groups is 1. The smallest absolute Gasteiger partial charge is 0.179 e. The summed E-state index contributed by atoms with van der Waals surface area (Å²) in [6.07, 6.45) is 3.57. The predicted octanol–water partition coefficient (Wildman–Crippen LogP) is 2.18. The molecule has 0 bridgehead atoms. The fraction of sp³-hybridized carbons (Fsp3) is 0.625. The highest BCUT2D eigenvalue weighted by atomic mass is 32.2. The van der Waals surface area contributed by atoms with E-state index in [-0.39, 0.29) is 5.75 Å². The molecule has 1 saturated heterocycles. The molecule has 2 atom stereocenters. The molecule has 1 heterocycles. The van der Waals surface area contributed by atoms with E-state index >= 15 is 0 Å². The van der Waals surface area contributed by atoms with Crippen molar-refractivity contribution >= 4 is 9.84 Å². The quantitative estimate of drug-likeness (QED) is 0.905. The number of hydrogen-bond acceptors (Lipinski definition) is 4. The normalized spacial score (nSPS) is 24.1. The molecular formula is C16H26N2O2S. The van der Waals surface area contributed by atoms with E-state index < -0.39 is 9.84 Å². The third-order valence-electron chi connectivity index (χ3n) is 4.51. The van der Waals surface area contributed by atoms with Crippen molar-refractivity contribution < 1.29 is 8.42 Å². The van der Waals surface area contributed by atoms with Gasteiger partial charge in [-0.25, -0.2) is 8.42 Å². The molecule has 0 radical (unpaired) electrons. The lowest BCUT2D eigenvalue weighted by atomic mass is 9.98. The molecule has 0 amide bonds. The van der Waals surface area contributed by atoms with Crippen LogP contribution in [0, 0.1) is 0 Å². The highest BCUT2D eigenvalue weighted by molar-refractivity contribution is 7.91. The summed E-state index contributed by atoms with van der Waals surface area (Å²) in [6, 6.07) is 7.87. The molecule has 5 heteroatoms. The molecule has 1 aromatic carbocycles. The fourth-order valence-corrected chi connectivity index (χ4v) is 4.33. The zero-order valence-corrected chi connectivity index (χ0v) is 13.8. The van der Waals surface area contributed by atoms with Gasteiger partial charge in [0, 0.05) is 25.2 Å². The molecule has 21 heavy (non-hydrogen) atoms. The summed E-state index contributed by atoms with van der Waals surface area (Å²) >= 11 is 0. The van der Waals surface area contributed by atoms with E-state index in [9.17, 15) is 8.42 Å². The van der Waals surface area contributed by atoms with Gasteiger partial charge in [0.25, 0.3) is 0 Å². The van der Waals surface area contributed by atoms with Gasteiger partial charge >= 0.3 is 0 Å². The summed E-state index contributed by atoms with van der Waals surface area (Å²) in [4.78, 5) is 2.73. The Morgan fingerprint density at radius 2 is 1.71 bits per heavy atom. The van der Waals surface area contributed by atoms with Gasteiger partial charge in [-0.05, 0) is 44.4 Å². The van der Waals surface area contributed by atoms with Gasteiger partial charge in [0.2, 0.25) is 0 Å². The highest BCUT2D eigenvalue weighted by Gasteiger charge is 2.26. The van der Waals surface area contributed by atoms with Crippen LogP contribution in [0.1, 0.15) is 38.7 Å². The Bertz CT molecular complexity index is 544. The van der Waals surface area contributed by atoms with Crippen molar-refractivity contribution in [3.8, 4) is 0 Å². The second-order valence-electron chi connectivity index (χ2n) is 6.03. The van der Waals surface area contributed by atoms with Crippen molar-refractivity contribution in [2.75, 3.05) is 12.3 Å². The SMILES string of the molecule is C[C@@H]1CCC[C@H](C)N1CCS(=O)(=O)c1ccc(CN)cc1. The molecule has 118 valence electrons. The number of rotatable bonds is 5. The van der Waals surface area contributed by atoms with E-state index in [0.29, 0.717) is 30.1 Å². The minimum absolute atomic E-state index is 0.184. The average Bonchev–Trinajstić information content (AvgIpc) is 2.47. The minimum Gasteiger partial charge on any atom is -0.326 e. The van der Waals surface area contributed by atoms with Crippen LogP contribution in [0.5, 0.6) is 0 Å². The maximum atomic E-state index is 12.4. The molecule has 0 aliphatic carbocycles. The highest BCUT2D eigenvalue weighted by Crippen LogP contribution is 2.23. The van der Waals surface area contributed by atoms with Gasteiger partial charge in [-0.3, -0.25) is 4.90 Å². The minimum atomic E-state index is -3.21. The van der Waals surface area contributed by atoms with E-state index in [1.54, 1.807) is 24.3 Å². The van der Waals surface area contributed by atoms with Crippen LogP contribution in [0.25, 0.3) is 0 Å². The lowest BCUT2D eigenvalue weighted by Gasteiger charge is -2.38. The first-order valence-corrected chi connectivity index (χ1v) is 9.37. The molecule has 1 aliphatic heterocycles. The number of piperidine rings is 1. The van der Waals surface area contributed by atoms with Crippen molar-refractivity contribution in [2.45, 2.75) is 56.6 Å². The maximum Gasteiger partial charge on any atom is 0.179 e. The van der Waals surface area contributed by atoms with Gasteiger partial charge < -0.3 is 5.73 Å². The molecule has 0 aromatic heterocycles. The molecule has 4 nitrogen and oxygen atoms in total. The summed E-state index contributed by atoms with van der Waals surface area (Å²) < 4.78 is 24.9. The average molecular weight is 310 g/mol. The van der Waals surface area contributed by atoms with Crippen molar-refractivity contribution in [2.24, 2.45) is 5.73 Å². The summed E-state index contributed by atoms with van der Waals surface area (Å²) in [5, 5.41) is 0. The molecule has 2 rings (SSSR count). The van der Waals surface area contributed by atoms with E-state index in [2.05, 4.69) is 18.7 Å². The molecule has 0 saturated carbocycles. The van der Waals surface area contributed by atoms with Crippen LogP contribution in [0.15, 0.2) is 29.2 Å². The van der Waals surface area contributed by atoms with Crippen molar-refractivity contribution in [3.05, 3.63) is 29.8 Å². The van der Waals surface area contributed by atoms with Crippen LogP contribution in [-0.2, 0) is 16.4 Å². The third kappa shape index (κ3) is 4.05. The molecule has 2 N–H and O–H groups in total. The van der Waals surface area contributed by atoms with E-state index in [4.69, 9.17) is 5.73 Å². The summed E-state index contributed by atoms with van der Waals surface area (Å²) in [7, 11) is -3.21. The zero-order chi connectivity index (χ0) is 15.5. The standard InChI is InChI=1S/C16H26N2O2S/c1-13-4-3-5-14(2)18(13)10-11-21(19,20)16-8-6-15(12-17)7-9-16/h6-9,13-14H,3-5,10-12,17H2,1-2H3/t13-,14+. The van der Waals surface area contributed by atoms with Gasteiger partial charge in [-0.15, -0.1) is 0 Å². The molecule has 1 aliphatic rings. The van der Waals surface area contributed by atoms with E-state index in [0.717, 1.165) is 18.4 Å². The summed E-state index contributed by atoms with van der Waals surface area (Å²) in [5.41, 5.74) is 6.49. The van der Waals surface area contributed by atoms with E-state index in [1.807, 2.05) is 0 Å². The summed E-state index contributed by atoms with van der Waals surface area (Å²) in [5.74, 6) is 0.184. The van der Waals surface area contributed by atoms with Crippen LogP contribution in [0.2, 0.25) is 0 Å². The first-order chi connectivity index (χ1) is 9.94. The number of nitrogens with two attached hydrogens (primary N) is 1. The van der Waals surface area contributed by atoms with Crippen molar-refractivity contribution in [3.63, 3.8) is 0 Å². The Hall–Kier alpha value is -0.910. The van der Waals surface area contributed by atoms with Gasteiger partial charge in [0.15, 0.2) is 9.84 Å². The van der Waals surface area contributed by atoms with Gasteiger partial charge in [-0.2, -0.15) is 0 Å². The van der Waals surface area contributed by atoms with Gasteiger partial charge in [0.05, 0.1) is 10.6 Å². The Balaban J connectivity index is 2.03. The first kappa shape index (κ1) is 16.5. The summed E-state index contributed by atoms with van der Waals surface area (Å²) in [6.45, 7) is 5.43. The lowest BCUT2D eigenvalue weighted by molar-refractivity contribution is 0.111. The third-order valence-corrected chi connectivity index (χ3v) is 6.22.